The second-order valence-electron chi connectivity index (χ2n) is 4.11. The zero-order valence-corrected chi connectivity index (χ0v) is 11.6. The minimum Gasteiger partial charge on any atom is -0.181 e. The molecular weight excluding hydrogens is 236 g/mol. The summed E-state index contributed by atoms with van der Waals surface area (Å²) in [6.45, 7) is 0.900. The van der Waals surface area contributed by atoms with Crippen molar-refractivity contribution < 1.29 is 0 Å². The molecule has 1 heterocycles. The van der Waals surface area contributed by atoms with E-state index in [1.165, 1.54) is 68.8 Å². The third-order valence-corrected chi connectivity index (χ3v) is 4.03. The van der Waals surface area contributed by atoms with Crippen molar-refractivity contribution in [3.8, 4) is 0 Å². The van der Waals surface area contributed by atoms with Crippen molar-refractivity contribution >= 4 is 21.8 Å². The van der Waals surface area contributed by atoms with Gasteiger partial charge in [-0.2, -0.15) is 5.11 Å². The van der Waals surface area contributed by atoms with E-state index in [0.717, 1.165) is 6.54 Å². The van der Waals surface area contributed by atoms with E-state index in [1.807, 2.05) is 0 Å². The largest absolute Gasteiger partial charge is 0.181 e. The Labute approximate surface area is 107 Å². The molecule has 0 bridgehead atoms. The summed E-state index contributed by atoms with van der Waals surface area (Å²) in [6.07, 6.45) is 14.3. The monoisotopic (exact) mass is 258 g/mol. The third kappa shape index (κ3) is 9.28. The fraction of sp³-hybridized carbons (Fsp3) is 0.833. The highest BCUT2D eigenvalue weighted by Gasteiger charge is 1.92. The van der Waals surface area contributed by atoms with Crippen LogP contribution in [0, 0.1) is 0 Å². The molecule has 16 heavy (non-hydrogen) atoms. The first-order valence-electron chi connectivity index (χ1n) is 6.34. The second kappa shape index (κ2) is 11.5. The summed E-state index contributed by atoms with van der Waals surface area (Å²) in [5.74, 6) is 0. The molecule has 0 saturated heterocycles. The Balaban J connectivity index is 2.14. The van der Waals surface area contributed by atoms with E-state index < -0.39 is 0 Å². The molecule has 0 aliphatic carbocycles. The predicted molar refractivity (Wildman–Crippen MR) is 75.6 cm³/mol. The molecular formula is C12H22N2S2. The van der Waals surface area contributed by atoms with Crippen LogP contribution in [0.4, 0.5) is 0 Å². The molecule has 0 atom stereocenters. The maximum Gasteiger partial charge on any atom is 0.0716 e. The minimum absolute atomic E-state index is 0.900. The van der Waals surface area contributed by atoms with Crippen LogP contribution in [-0.2, 0) is 0 Å². The maximum atomic E-state index is 4.13. The van der Waals surface area contributed by atoms with Crippen LogP contribution < -0.4 is 0 Å². The molecule has 2 nitrogen and oxygen atoms in total. The van der Waals surface area contributed by atoms with Crippen LogP contribution in [0.5, 0.6) is 0 Å². The standard InChI is InChI=1S/C12H22N2S2/c1-2-4-6-8-10-12-15-16-14-13-11-9-7-5-3-1/h10,12H,1-9,11H2. The predicted octanol–water partition coefficient (Wildman–Crippen LogP) is 5.77. The van der Waals surface area contributed by atoms with Gasteiger partial charge in [0.05, 0.1) is 17.5 Å². The molecule has 4 heteroatoms. The molecule has 0 aromatic carbocycles. The molecule has 0 spiro atoms. The van der Waals surface area contributed by atoms with Gasteiger partial charge in [-0.05, 0) is 35.5 Å². The Morgan fingerprint density at radius 3 is 2.31 bits per heavy atom. The van der Waals surface area contributed by atoms with E-state index in [1.54, 1.807) is 10.8 Å². The zero-order chi connectivity index (χ0) is 11.3. The molecule has 0 N–H and O–H groups in total. The van der Waals surface area contributed by atoms with Gasteiger partial charge in [0.25, 0.3) is 0 Å². The topological polar surface area (TPSA) is 24.7 Å². The highest BCUT2D eigenvalue weighted by Crippen LogP contribution is 2.24. The first-order valence-corrected chi connectivity index (χ1v) is 8.51. The Hall–Kier alpha value is 0.0400. The highest BCUT2D eigenvalue weighted by atomic mass is 33.1. The first-order chi connectivity index (χ1) is 8.00. The fourth-order valence-corrected chi connectivity index (χ4v) is 2.79. The molecule has 92 valence electrons. The summed E-state index contributed by atoms with van der Waals surface area (Å²) in [5.41, 5.74) is 0. The van der Waals surface area contributed by atoms with Gasteiger partial charge >= 0.3 is 0 Å². The van der Waals surface area contributed by atoms with Gasteiger partial charge < -0.3 is 0 Å². The Morgan fingerprint density at radius 2 is 1.50 bits per heavy atom. The van der Waals surface area contributed by atoms with Crippen molar-refractivity contribution in [3.63, 3.8) is 0 Å². The zero-order valence-electron chi connectivity index (χ0n) is 9.94. The van der Waals surface area contributed by atoms with Gasteiger partial charge in [-0.25, -0.2) is 0 Å². The molecule has 1 rings (SSSR count). The van der Waals surface area contributed by atoms with Crippen molar-refractivity contribution in [1.29, 1.82) is 0 Å². The highest BCUT2D eigenvalue weighted by molar-refractivity contribution is 8.77. The first kappa shape index (κ1) is 14.1. The van der Waals surface area contributed by atoms with E-state index in [0.29, 0.717) is 0 Å². The normalized spacial score (nSPS) is 22.0. The third-order valence-electron chi connectivity index (χ3n) is 2.66. The molecule has 0 aromatic heterocycles. The summed E-state index contributed by atoms with van der Waals surface area (Å²) in [5, 5.41) is 6.27. The van der Waals surface area contributed by atoms with Gasteiger partial charge in [-0.15, -0.1) is 4.52 Å². The molecule has 0 amide bonds. The summed E-state index contributed by atoms with van der Waals surface area (Å²) in [6, 6.07) is 0. The summed E-state index contributed by atoms with van der Waals surface area (Å²) in [7, 11) is 3.14. The number of nitrogens with zero attached hydrogens (tertiary/aromatic N) is 2. The summed E-state index contributed by atoms with van der Waals surface area (Å²) < 4.78 is 4.05. The van der Waals surface area contributed by atoms with Gasteiger partial charge in [-0.1, -0.05) is 44.6 Å². The van der Waals surface area contributed by atoms with Crippen molar-refractivity contribution in [2.75, 3.05) is 6.54 Å². The number of hydrogen-bond donors (Lipinski definition) is 0. The molecule has 1 aliphatic heterocycles. The number of allylic oxidation sites excluding steroid dienone is 1. The molecule has 0 aromatic rings. The lowest BCUT2D eigenvalue weighted by molar-refractivity contribution is 0.570. The van der Waals surface area contributed by atoms with E-state index >= 15 is 0 Å². The Bertz CT molecular complexity index is 183. The van der Waals surface area contributed by atoms with Gasteiger partial charge in [0.15, 0.2) is 0 Å². The minimum atomic E-state index is 0.900. The molecule has 1 aliphatic rings. The van der Waals surface area contributed by atoms with Crippen molar-refractivity contribution in [1.82, 2.24) is 0 Å². The van der Waals surface area contributed by atoms with E-state index in [4.69, 9.17) is 0 Å². The molecule has 0 radical (unpaired) electrons. The van der Waals surface area contributed by atoms with Gasteiger partial charge in [0.2, 0.25) is 0 Å². The fourth-order valence-electron chi connectivity index (χ4n) is 1.72. The van der Waals surface area contributed by atoms with Crippen LogP contribution >= 0.6 is 21.8 Å². The Morgan fingerprint density at radius 1 is 0.812 bits per heavy atom. The van der Waals surface area contributed by atoms with Crippen LogP contribution in [0.3, 0.4) is 0 Å². The SMILES string of the molecule is C1=CSSN=NCCCCCCCCCC1. The smallest absolute Gasteiger partial charge is 0.0716 e. The molecule has 0 unspecified atom stereocenters. The summed E-state index contributed by atoms with van der Waals surface area (Å²) >= 11 is 0. The van der Waals surface area contributed by atoms with Crippen LogP contribution in [0.1, 0.15) is 57.8 Å². The van der Waals surface area contributed by atoms with Crippen LogP contribution in [0.2, 0.25) is 0 Å². The maximum absolute atomic E-state index is 4.13. The van der Waals surface area contributed by atoms with Crippen molar-refractivity contribution in [2.45, 2.75) is 57.8 Å². The van der Waals surface area contributed by atoms with E-state index in [9.17, 15) is 0 Å². The molecule has 0 saturated carbocycles. The average molecular weight is 258 g/mol. The lowest BCUT2D eigenvalue weighted by Crippen LogP contribution is -1.83. The van der Waals surface area contributed by atoms with E-state index in [-0.39, 0.29) is 0 Å². The summed E-state index contributed by atoms with van der Waals surface area (Å²) in [4.78, 5) is 0. The molecule has 0 fully saturated rings. The lowest BCUT2D eigenvalue weighted by atomic mass is 10.1. The van der Waals surface area contributed by atoms with Crippen LogP contribution in [0.25, 0.3) is 0 Å². The second-order valence-corrected chi connectivity index (χ2v) is 5.91. The van der Waals surface area contributed by atoms with Crippen LogP contribution in [-0.4, -0.2) is 6.54 Å². The van der Waals surface area contributed by atoms with Gasteiger partial charge in [-0.3, -0.25) is 0 Å². The number of hydrogen-bond acceptors (Lipinski definition) is 4. The Kier molecular flexibility index (Phi) is 10.2. The van der Waals surface area contributed by atoms with Crippen molar-refractivity contribution in [3.05, 3.63) is 11.5 Å². The van der Waals surface area contributed by atoms with Gasteiger partial charge in [0, 0.05) is 0 Å². The lowest BCUT2D eigenvalue weighted by Gasteiger charge is -2.00. The van der Waals surface area contributed by atoms with E-state index in [2.05, 4.69) is 21.1 Å². The average Bonchev–Trinajstić information content (AvgIpc) is 2.29. The van der Waals surface area contributed by atoms with Gasteiger partial charge in [0.1, 0.15) is 0 Å². The quantitative estimate of drug-likeness (QED) is 0.407. The van der Waals surface area contributed by atoms with Crippen LogP contribution in [0.15, 0.2) is 21.1 Å². The number of rotatable bonds is 0. The van der Waals surface area contributed by atoms with Crippen molar-refractivity contribution in [2.24, 2.45) is 9.63 Å².